The second kappa shape index (κ2) is 14.6. The topological polar surface area (TPSA) is 297 Å². The van der Waals surface area contributed by atoms with Crippen LogP contribution in [0.4, 0.5) is 0 Å². The van der Waals surface area contributed by atoms with Crippen LogP contribution in [-0.4, -0.2) is 127 Å². The lowest BCUT2D eigenvalue weighted by atomic mass is 9.98. The van der Waals surface area contributed by atoms with Gasteiger partial charge in [0.2, 0.25) is 0 Å². The number of rotatable bonds is 7. The Hall–Kier alpha value is -1.85. The fourth-order valence-electron chi connectivity index (χ4n) is 3.51. The zero-order chi connectivity index (χ0) is 23.4. The normalized spacial score (nSPS) is 37.5. The first kappa shape index (κ1) is 33.1. The van der Waals surface area contributed by atoms with Crippen LogP contribution in [0, 0.1) is 11.3 Å². The van der Waals surface area contributed by atoms with Gasteiger partial charge in [-0.05, 0) is 5.56 Å². The molecule has 0 unspecified atom stereocenters. The molecule has 15 heteroatoms. The van der Waals surface area contributed by atoms with Gasteiger partial charge < -0.3 is 71.1 Å². The van der Waals surface area contributed by atoms with Gasteiger partial charge in [-0.25, -0.2) is 0 Å². The van der Waals surface area contributed by atoms with E-state index in [1.807, 2.05) is 6.07 Å². The van der Waals surface area contributed by atoms with Crippen molar-refractivity contribution in [2.24, 2.45) is 0 Å². The van der Waals surface area contributed by atoms with E-state index in [1.165, 1.54) is 0 Å². The molecule has 0 saturated carbocycles. The Kier molecular flexibility index (Phi) is 13.9. The van der Waals surface area contributed by atoms with Crippen molar-refractivity contribution >= 4 is 0 Å². The minimum Gasteiger partial charge on any atom is -0.412 e. The Morgan fingerprint density at radius 1 is 0.771 bits per heavy atom. The van der Waals surface area contributed by atoms with Crippen LogP contribution in [0.1, 0.15) is 11.7 Å². The van der Waals surface area contributed by atoms with Gasteiger partial charge >= 0.3 is 0 Å². The number of hydrogen-bond donors (Lipinski definition) is 7. The van der Waals surface area contributed by atoms with Crippen LogP contribution in [0.5, 0.6) is 0 Å². The van der Waals surface area contributed by atoms with Crippen molar-refractivity contribution < 1.29 is 71.1 Å². The van der Waals surface area contributed by atoms with Crippen LogP contribution in [0.2, 0.25) is 0 Å². The molecule has 0 aromatic heterocycles. The SMILES string of the molecule is N#C[C@H](O[C@@H]1O[C@H](CO[C@@H]2O[C@H](CO)[C@@H](O)[C@H](O)[C@H]2O)[C@@H](O)[C@H](O)[C@H]1O)c1ccccc1.O.O.O. The second-order valence-corrected chi connectivity index (χ2v) is 7.60. The molecule has 13 N–H and O–H groups in total. The maximum Gasteiger partial charge on any atom is 0.188 e. The van der Waals surface area contributed by atoms with Crippen LogP contribution < -0.4 is 0 Å². The Labute approximate surface area is 199 Å². The molecule has 1 aromatic rings. The molecule has 3 rings (SSSR count). The van der Waals surface area contributed by atoms with E-state index in [9.17, 15) is 41.0 Å². The first-order valence-corrected chi connectivity index (χ1v) is 10.00. The predicted molar refractivity (Wildman–Crippen MR) is 113 cm³/mol. The van der Waals surface area contributed by atoms with E-state index in [0.29, 0.717) is 5.56 Å². The highest BCUT2D eigenvalue weighted by Gasteiger charge is 2.48. The van der Waals surface area contributed by atoms with E-state index in [-0.39, 0.29) is 16.4 Å². The number of nitriles is 1. The van der Waals surface area contributed by atoms with Crippen LogP contribution in [0.25, 0.3) is 0 Å². The highest BCUT2D eigenvalue weighted by molar-refractivity contribution is 5.22. The first-order valence-electron chi connectivity index (χ1n) is 10.00. The second-order valence-electron chi connectivity index (χ2n) is 7.60. The monoisotopic (exact) mass is 511 g/mol. The summed E-state index contributed by atoms with van der Waals surface area (Å²) in [6.45, 7) is -1.14. The molecule has 2 fully saturated rings. The third kappa shape index (κ3) is 7.33. The molecule has 0 bridgehead atoms. The lowest BCUT2D eigenvalue weighted by molar-refractivity contribution is -0.334. The summed E-state index contributed by atoms with van der Waals surface area (Å²) in [7, 11) is 0. The maximum absolute atomic E-state index is 10.3. The van der Waals surface area contributed by atoms with Crippen molar-refractivity contribution in [2.45, 2.75) is 67.5 Å². The van der Waals surface area contributed by atoms with Crippen molar-refractivity contribution in [3.63, 3.8) is 0 Å². The molecule has 0 radical (unpaired) electrons. The highest BCUT2D eigenvalue weighted by atomic mass is 16.7. The quantitative estimate of drug-likeness (QED) is 0.180. The van der Waals surface area contributed by atoms with Gasteiger partial charge in [-0.2, -0.15) is 5.26 Å². The zero-order valence-electron chi connectivity index (χ0n) is 18.4. The summed E-state index contributed by atoms with van der Waals surface area (Å²) in [6.07, 6.45) is -16.5. The van der Waals surface area contributed by atoms with Crippen LogP contribution in [0.15, 0.2) is 30.3 Å². The van der Waals surface area contributed by atoms with Crippen molar-refractivity contribution in [1.29, 1.82) is 5.26 Å². The standard InChI is InChI=1S/C20H27NO11.3H2O/c21-6-10(9-4-2-1-3-5-9)30-20-18(28)16(26)14(24)12(32-20)8-29-19-17(27)15(25)13(23)11(7-22)31-19;;;/h1-5,10-20,22-28H,7-8H2;3*1H2/t10-,11+,12+,13+,14+,15-,16-,17+,18+,19+,20+;;;/m0.../s1. The lowest BCUT2D eigenvalue weighted by Gasteiger charge is -2.43. The van der Waals surface area contributed by atoms with Crippen molar-refractivity contribution in [1.82, 2.24) is 0 Å². The molecule has 1 aromatic carbocycles. The number of aliphatic hydroxyl groups is 7. The van der Waals surface area contributed by atoms with E-state index < -0.39 is 80.7 Å². The van der Waals surface area contributed by atoms with Crippen molar-refractivity contribution in [2.75, 3.05) is 13.2 Å². The molecule has 0 aliphatic carbocycles. The molecule has 35 heavy (non-hydrogen) atoms. The minimum absolute atomic E-state index is 0. The van der Waals surface area contributed by atoms with Gasteiger partial charge in [0, 0.05) is 0 Å². The lowest BCUT2D eigenvalue weighted by Crippen LogP contribution is -2.61. The summed E-state index contributed by atoms with van der Waals surface area (Å²) >= 11 is 0. The average molecular weight is 511 g/mol. The summed E-state index contributed by atoms with van der Waals surface area (Å²) in [6, 6.07) is 10.3. The molecule has 15 nitrogen and oxygen atoms in total. The van der Waals surface area contributed by atoms with Gasteiger partial charge in [0.05, 0.1) is 19.3 Å². The third-order valence-corrected chi connectivity index (χ3v) is 5.43. The van der Waals surface area contributed by atoms with E-state index in [0.717, 1.165) is 0 Å². The molecule has 11 atom stereocenters. The van der Waals surface area contributed by atoms with Crippen molar-refractivity contribution in [3.8, 4) is 6.07 Å². The number of benzene rings is 1. The van der Waals surface area contributed by atoms with Gasteiger partial charge in [0.1, 0.15) is 48.8 Å². The molecule has 2 aliphatic rings. The van der Waals surface area contributed by atoms with Crippen molar-refractivity contribution in [3.05, 3.63) is 35.9 Å². The van der Waals surface area contributed by atoms with Gasteiger partial charge in [-0.15, -0.1) is 0 Å². The molecule has 202 valence electrons. The summed E-state index contributed by atoms with van der Waals surface area (Å²) < 4.78 is 21.6. The van der Waals surface area contributed by atoms with Crippen LogP contribution in [0.3, 0.4) is 0 Å². The first-order chi connectivity index (χ1) is 15.3. The predicted octanol–water partition coefficient (Wildman–Crippen LogP) is -5.58. The molecular formula is C20H33NO14. The maximum atomic E-state index is 10.3. The summed E-state index contributed by atoms with van der Waals surface area (Å²) in [4.78, 5) is 0. The van der Waals surface area contributed by atoms with Crippen LogP contribution >= 0.6 is 0 Å². The molecule has 2 aliphatic heterocycles. The van der Waals surface area contributed by atoms with E-state index in [2.05, 4.69) is 0 Å². The number of aliphatic hydroxyl groups excluding tert-OH is 7. The Bertz CT molecular complexity index is 764. The van der Waals surface area contributed by atoms with E-state index in [4.69, 9.17) is 18.9 Å². The smallest absolute Gasteiger partial charge is 0.188 e. The zero-order valence-corrected chi connectivity index (χ0v) is 18.4. The van der Waals surface area contributed by atoms with Gasteiger partial charge in [0.15, 0.2) is 18.7 Å². The summed E-state index contributed by atoms with van der Waals surface area (Å²) in [5.74, 6) is 0. The average Bonchev–Trinajstić information content (AvgIpc) is 2.81. The largest absolute Gasteiger partial charge is 0.412 e. The van der Waals surface area contributed by atoms with Crippen LogP contribution in [-0.2, 0) is 18.9 Å². The van der Waals surface area contributed by atoms with Gasteiger partial charge in [-0.1, -0.05) is 30.3 Å². The van der Waals surface area contributed by atoms with E-state index >= 15 is 0 Å². The third-order valence-electron chi connectivity index (χ3n) is 5.43. The Morgan fingerprint density at radius 2 is 1.29 bits per heavy atom. The summed E-state index contributed by atoms with van der Waals surface area (Å²) in [5.41, 5.74) is 0.487. The fraction of sp³-hybridized carbons (Fsp3) is 0.650. The fourth-order valence-corrected chi connectivity index (χ4v) is 3.51. The Morgan fingerprint density at radius 3 is 1.83 bits per heavy atom. The van der Waals surface area contributed by atoms with E-state index in [1.54, 1.807) is 30.3 Å². The number of ether oxygens (including phenoxy) is 4. The molecular weight excluding hydrogens is 478 g/mol. The minimum atomic E-state index is -1.70. The van der Waals surface area contributed by atoms with Gasteiger partial charge in [0.25, 0.3) is 0 Å². The number of nitrogens with zero attached hydrogens (tertiary/aromatic N) is 1. The molecule has 2 saturated heterocycles. The highest BCUT2D eigenvalue weighted by Crippen LogP contribution is 2.28. The Balaban J connectivity index is 0.00000385. The summed E-state index contributed by atoms with van der Waals surface area (Å²) in [5, 5.41) is 79.1. The van der Waals surface area contributed by atoms with Gasteiger partial charge in [-0.3, -0.25) is 0 Å². The molecule has 0 amide bonds. The number of hydrogen-bond acceptors (Lipinski definition) is 12. The molecule has 0 spiro atoms. The molecule has 2 heterocycles.